The van der Waals surface area contributed by atoms with E-state index in [9.17, 15) is 13.6 Å². The van der Waals surface area contributed by atoms with E-state index in [0.29, 0.717) is 18.6 Å². The number of rotatable bonds is 7. The Bertz CT molecular complexity index is 456. The van der Waals surface area contributed by atoms with Crippen molar-refractivity contribution in [2.24, 2.45) is 0 Å². The Hall–Kier alpha value is -1.14. The zero-order valence-electron chi connectivity index (χ0n) is 10.9. The lowest BCUT2D eigenvalue weighted by Crippen LogP contribution is -2.47. The SMILES string of the molecule is CNC(C)(CCCSc1cc(F)ccc1F)C(=O)O. The molecule has 0 aliphatic rings. The minimum absolute atomic E-state index is 0.251. The van der Waals surface area contributed by atoms with Gasteiger partial charge in [-0.15, -0.1) is 11.8 Å². The number of carboxylic acid groups (broad SMARTS) is 1. The average molecular weight is 289 g/mol. The average Bonchev–Trinajstić information content (AvgIpc) is 2.38. The van der Waals surface area contributed by atoms with E-state index in [0.717, 1.165) is 18.2 Å². The molecule has 0 aromatic heterocycles. The second-order valence-corrected chi connectivity index (χ2v) is 5.55. The van der Waals surface area contributed by atoms with Gasteiger partial charge in [-0.25, -0.2) is 8.78 Å². The first-order valence-corrected chi connectivity index (χ1v) is 6.88. The van der Waals surface area contributed by atoms with Crippen molar-refractivity contribution < 1.29 is 18.7 Å². The number of benzene rings is 1. The van der Waals surface area contributed by atoms with Gasteiger partial charge in [-0.1, -0.05) is 0 Å². The summed E-state index contributed by atoms with van der Waals surface area (Å²) in [5.41, 5.74) is -0.985. The summed E-state index contributed by atoms with van der Waals surface area (Å²) in [4.78, 5) is 11.3. The Morgan fingerprint density at radius 3 is 2.74 bits per heavy atom. The Balaban J connectivity index is 2.47. The minimum atomic E-state index is -0.985. The van der Waals surface area contributed by atoms with Gasteiger partial charge in [-0.3, -0.25) is 4.79 Å². The maximum absolute atomic E-state index is 13.3. The standard InChI is InChI=1S/C13H17F2NO2S/c1-13(16-2,12(17)18)6-3-7-19-11-8-9(14)4-5-10(11)15/h4-5,8,16H,3,6-7H2,1-2H3,(H,17,18). The van der Waals surface area contributed by atoms with Gasteiger partial charge in [0, 0.05) is 4.90 Å². The second kappa shape index (κ2) is 6.86. The predicted molar refractivity (Wildman–Crippen MR) is 71.4 cm³/mol. The Labute approximate surface area is 115 Å². The lowest BCUT2D eigenvalue weighted by atomic mass is 9.97. The van der Waals surface area contributed by atoms with Crippen LogP contribution in [0.3, 0.4) is 0 Å². The summed E-state index contributed by atoms with van der Waals surface area (Å²) in [5, 5.41) is 11.8. The number of carboxylic acids is 1. The maximum atomic E-state index is 13.3. The van der Waals surface area contributed by atoms with Gasteiger partial charge in [0.25, 0.3) is 0 Å². The summed E-state index contributed by atoms with van der Waals surface area (Å²) in [6.45, 7) is 1.60. The number of likely N-dealkylation sites (N-methyl/N-ethyl adjacent to an activating group) is 1. The molecular formula is C13H17F2NO2S. The third-order valence-electron chi connectivity index (χ3n) is 3.00. The van der Waals surface area contributed by atoms with Crippen LogP contribution in [0.5, 0.6) is 0 Å². The molecule has 0 saturated carbocycles. The van der Waals surface area contributed by atoms with Gasteiger partial charge >= 0.3 is 5.97 Å². The summed E-state index contributed by atoms with van der Waals surface area (Å²) in [7, 11) is 1.59. The molecule has 0 aliphatic heterocycles. The number of thioether (sulfide) groups is 1. The molecule has 0 aliphatic carbocycles. The third-order valence-corrected chi connectivity index (χ3v) is 4.11. The minimum Gasteiger partial charge on any atom is -0.480 e. The maximum Gasteiger partial charge on any atom is 0.323 e. The largest absolute Gasteiger partial charge is 0.480 e. The van der Waals surface area contributed by atoms with Crippen molar-refractivity contribution in [3.63, 3.8) is 0 Å². The normalized spacial score (nSPS) is 14.1. The molecular weight excluding hydrogens is 272 g/mol. The van der Waals surface area contributed by atoms with Crippen LogP contribution < -0.4 is 5.32 Å². The molecule has 0 radical (unpaired) electrons. The molecule has 2 N–H and O–H groups in total. The van der Waals surface area contributed by atoms with Crippen molar-refractivity contribution in [2.45, 2.75) is 30.2 Å². The summed E-state index contributed by atoms with van der Waals surface area (Å²) in [5.74, 6) is -1.32. The molecule has 1 rings (SSSR count). The fraction of sp³-hybridized carbons (Fsp3) is 0.462. The van der Waals surface area contributed by atoms with Gasteiger partial charge in [0.05, 0.1) is 0 Å². The predicted octanol–water partition coefficient (Wildman–Crippen LogP) is 2.90. The van der Waals surface area contributed by atoms with Crippen LogP contribution in [0.1, 0.15) is 19.8 Å². The van der Waals surface area contributed by atoms with E-state index >= 15 is 0 Å². The number of halogens is 2. The van der Waals surface area contributed by atoms with E-state index in [4.69, 9.17) is 5.11 Å². The Kier molecular flexibility index (Phi) is 5.75. The van der Waals surface area contributed by atoms with E-state index in [1.54, 1.807) is 14.0 Å². The number of carbonyl (C=O) groups is 1. The number of aliphatic carboxylic acids is 1. The van der Waals surface area contributed by atoms with Crippen LogP contribution in [0.15, 0.2) is 23.1 Å². The Morgan fingerprint density at radius 1 is 1.47 bits per heavy atom. The fourth-order valence-corrected chi connectivity index (χ4v) is 2.44. The molecule has 1 aromatic carbocycles. The lowest BCUT2D eigenvalue weighted by Gasteiger charge is -2.23. The van der Waals surface area contributed by atoms with Crippen molar-refractivity contribution in [1.29, 1.82) is 0 Å². The highest BCUT2D eigenvalue weighted by Crippen LogP contribution is 2.25. The van der Waals surface area contributed by atoms with Crippen LogP contribution in [-0.2, 0) is 4.79 Å². The molecule has 0 heterocycles. The van der Waals surface area contributed by atoms with Crippen LogP contribution in [0.25, 0.3) is 0 Å². The summed E-state index contributed by atoms with van der Waals surface area (Å²) >= 11 is 1.19. The Morgan fingerprint density at radius 2 is 2.16 bits per heavy atom. The van der Waals surface area contributed by atoms with Gasteiger partial charge in [0.1, 0.15) is 17.2 Å². The molecule has 1 unspecified atom stereocenters. The van der Waals surface area contributed by atoms with Crippen LogP contribution in [0, 0.1) is 11.6 Å². The molecule has 0 bridgehead atoms. The first kappa shape index (κ1) is 15.9. The van der Waals surface area contributed by atoms with Gasteiger partial charge in [0.15, 0.2) is 0 Å². The topological polar surface area (TPSA) is 49.3 Å². The van der Waals surface area contributed by atoms with Crippen molar-refractivity contribution in [1.82, 2.24) is 5.32 Å². The zero-order valence-corrected chi connectivity index (χ0v) is 11.7. The van der Waals surface area contributed by atoms with E-state index in [2.05, 4.69) is 5.32 Å². The third kappa shape index (κ3) is 4.47. The number of hydrogen-bond donors (Lipinski definition) is 2. The lowest BCUT2D eigenvalue weighted by molar-refractivity contribution is -0.144. The van der Waals surface area contributed by atoms with E-state index in [1.165, 1.54) is 11.8 Å². The first-order valence-electron chi connectivity index (χ1n) is 5.89. The highest BCUT2D eigenvalue weighted by Gasteiger charge is 2.30. The van der Waals surface area contributed by atoms with Gasteiger partial charge in [-0.05, 0) is 50.8 Å². The molecule has 0 amide bonds. The molecule has 0 saturated heterocycles. The quantitative estimate of drug-likeness (QED) is 0.598. The summed E-state index contributed by atoms with van der Waals surface area (Å²) in [6, 6.07) is 3.31. The smallest absolute Gasteiger partial charge is 0.323 e. The van der Waals surface area contributed by atoms with Gasteiger partial charge < -0.3 is 10.4 Å². The van der Waals surface area contributed by atoms with E-state index < -0.39 is 23.1 Å². The zero-order chi connectivity index (χ0) is 14.5. The van der Waals surface area contributed by atoms with Crippen LogP contribution in [0.2, 0.25) is 0 Å². The molecule has 106 valence electrons. The molecule has 1 atom stereocenters. The fourth-order valence-electron chi connectivity index (χ4n) is 1.53. The molecule has 3 nitrogen and oxygen atoms in total. The van der Waals surface area contributed by atoms with Crippen LogP contribution in [-0.4, -0.2) is 29.4 Å². The van der Waals surface area contributed by atoms with Gasteiger partial charge in [-0.2, -0.15) is 0 Å². The van der Waals surface area contributed by atoms with Crippen LogP contribution in [0.4, 0.5) is 8.78 Å². The van der Waals surface area contributed by atoms with Crippen LogP contribution >= 0.6 is 11.8 Å². The second-order valence-electron chi connectivity index (χ2n) is 4.41. The molecule has 0 spiro atoms. The number of hydrogen-bond acceptors (Lipinski definition) is 3. The summed E-state index contributed by atoms with van der Waals surface area (Å²) in [6.07, 6.45) is 1.01. The van der Waals surface area contributed by atoms with Crippen molar-refractivity contribution in [3.05, 3.63) is 29.8 Å². The molecule has 0 fully saturated rings. The highest BCUT2D eigenvalue weighted by atomic mass is 32.2. The van der Waals surface area contributed by atoms with Crippen molar-refractivity contribution in [3.8, 4) is 0 Å². The van der Waals surface area contributed by atoms with Crippen molar-refractivity contribution >= 4 is 17.7 Å². The molecule has 6 heteroatoms. The van der Waals surface area contributed by atoms with E-state index in [-0.39, 0.29) is 4.90 Å². The number of nitrogens with one attached hydrogen (secondary N) is 1. The summed E-state index contributed by atoms with van der Waals surface area (Å²) < 4.78 is 26.3. The molecule has 19 heavy (non-hydrogen) atoms. The van der Waals surface area contributed by atoms with E-state index in [1.807, 2.05) is 0 Å². The monoisotopic (exact) mass is 289 g/mol. The highest BCUT2D eigenvalue weighted by molar-refractivity contribution is 7.99. The van der Waals surface area contributed by atoms with Crippen molar-refractivity contribution in [2.75, 3.05) is 12.8 Å². The first-order chi connectivity index (χ1) is 8.89. The molecule has 1 aromatic rings. The van der Waals surface area contributed by atoms with Gasteiger partial charge in [0.2, 0.25) is 0 Å².